The van der Waals surface area contributed by atoms with E-state index in [9.17, 15) is 33.6 Å². The quantitative estimate of drug-likeness (QED) is 0.0393. The molecule has 0 bridgehead atoms. The average Bonchev–Trinajstić information content (AvgIpc) is 3.62. The van der Waals surface area contributed by atoms with Crippen molar-refractivity contribution in [1.29, 1.82) is 0 Å². The standard InChI is InChI=1S/C41H66N10O8/c1-9-24(7)33(35(42)53)50-37(55)28(18-22(3)4)48-36(54)27(15-13-17-45-41(43)44)47-32(52)21-46-40(58)34(25(8)10-2)51-38(56)29(19-23(5)6)49-39(57)31-20-26-14-11-12-16-30(26)59-31/h11-12,14,16,20,22-25,27-29,33-34H,9-10,13,15,17-19,21H2,1-8H3,(H2,42,53)(H,46,58)(H,47,52)(H,48,54)(H,49,57)(H,50,55)(H,51,56)(H4,43,44,45)/t24-,25-,27-,28-,29-,33-,34-/m0/s1. The van der Waals surface area contributed by atoms with Crippen molar-refractivity contribution in [3.05, 3.63) is 36.1 Å². The number of fused-ring (bicyclic) bond motifs is 1. The van der Waals surface area contributed by atoms with Crippen molar-refractivity contribution in [3.63, 3.8) is 0 Å². The van der Waals surface area contributed by atoms with Gasteiger partial charge in [-0.25, -0.2) is 0 Å². The monoisotopic (exact) mass is 827 g/mol. The molecule has 0 saturated heterocycles. The molecule has 2 rings (SSSR count). The molecule has 0 spiro atoms. The van der Waals surface area contributed by atoms with E-state index in [4.69, 9.17) is 21.6 Å². The van der Waals surface area contributed by atoms with Gasteiger partial charge >= 0.3 is 0 Å². The van der Waals surface area contributed by atoms with Crippen LogP contribution in [0.3, 0.4) is 0 Å². The molecular weight excluding hydrogens is 761 g/mol. The van der Waals surface area contributed by atoms with Crippen molar-refractivity contribution in [2.24, 2.45) is 45.9 Å². The first-order chi connectivity index (χ1) is 27.8. The number of carbonyl (C=O) groups is 7. The normalized spacial score (nSPS) is 14.8. The second-order valence-corrected chi connectivity index (χ2v) is 15.9. The average molecular weight is 827 g/mol. The van der Waals surface area contributed by atoms with Gasteiger partial charge in [-0.3, -0.25) is 38.6 Å². The third-order valence-corrected chi connectivity index (χ3v) is 9.95. The maximum Gasteiger partial charge on any atom is 0.287 e. The number of benzene rings is 1. The minimum absolute atomic E-state index is 0.00208. The van der Waals surface area contributed by atoms with E-state index in [2.05, 4.69) is 36.9 Å². The Morgan fingerprint density at radius 2 is 1.22 bits per heavy atom. The fraction of sp³-hybridized carbons (Fsp3) is 0.610. The van der Waals surface area contributed by atoms with E-state index in [1.165, 1.54) is 0 Å². The number of furan rings is 1. The summed E-state index contributed by atoms with van der Waals surface area (Å²) in [5.41, 5.74) is 17.0. The summed E-state index contributed by atoms with van der Waals surface area (Å²) < 4.78 is 5.68. The largest absolute Gasteiger partial charge is 0.451 e. The summed E-state index contributed by atoms with van der Waals surface area (Å²) in [7, 11) is 0. The van der Waals surface area contributed by atoms with Crippen LogP contribution in [0.5, 0.6) is 0 Å². The van der Waals surface area contributed by atoms with Crippen molar-refractivity contribution in [3.8, 4) is 0 Å². The zero-order valence-corrected chi connectivity index (χ0v) is 35.7. The SMILES string of the molecule is CC[C@H](C)[C@H](NC(=O)[C@H](CC(C)C)NC(=O)[C@H](CCCN=C(N)N)NC(=O)CNC(=O)[C@@H](NC(=O)[C@H](CC(C)C)NC(=O)c1cc2ccccc2o1)[C@@H](C)CC)C(N)=O. The van der Waals surface area contributed by atoms with Gasteiger partial charge in [-0.2, -0.15) is 0 Å². The van der Waals surface area contributed by atoms with Gasteiger partial charge in [0.2, 0.25) is 35.4 Å². The molecule has 1 aromatic heterocycles. The number of para-hydroxylation sites is 1. The number of rotatable bonds is 25. The van der Waals surface area contributed by atoms with Crippen molar-refractivity contribution >= 4 is 58.3 Å². The van der Waals surface area contributed by atoms with Gasteiger partial charge in [0.15, 0.2) is 11.7 Å². The van der Waals surface area contributed by atoms with Gasteiger partial charge in [0.25, 0.3) is 5.91 Å². The van der Waals surface area contributed by atoms with Gasteiger partial charge in [-0.15, -0.1) is 0 Å². The summed E-state index contributed by atoms with van der Waals surface area (Å²) in [6.45, 7) is 14.4. The second kappa shape index (κ2) is 24.3. The van der Waals surface area contributed by atoms with E-state index < -0.39 is 78.1 Å². The highest BCUT2D eigenvalue weighted by Gasteiger charge is 2.33. The number of primary amides is 1. The molecule has 1 heterocycles. The molecule has 7 atom stereocenters. The third kappa shape index (κ3) is 16.6. The number of nitrogens with one attached hydrogen (secondary N) is 6. The highest BCUT2D eigenvalue weighted by molar-refractivity contribution is 6.00. The maximum atomic E-state index is 13.7. The summed E-state index contributed by atoms with van der Waals surface area (Å²) in [5, 5.41) is 16.8. The highest BCUT2D eigenvalue weighted by atomic mass is 16.3. The van der Waals surface area contributed by atoms with Gasteiger partial charge in [-0.1, -0.05) is 86.4 Å². The van der Waals surface area contributed by atoms with Crippen LogP contribution in [0.25, 0.3) is 11.0 Å². The molecule has 18 nitrogen and oxygen atoms in total. The lowest BCUT2D eigenvalue weighted by Crippen LogP contribution is -2.58. The van der Waals surface area contributed by atoms with Crippen molar-refractivity contribution < 1.29 is 38.0 Å². The Labute approximate surface area is 346 Å². The molecule has 328 valence electrons. The van der Waals surface area contributed by atoms with Crippen LogP contribution in [0.1, 0.15) is 104 Å². The third-order valence-electron chi connectivity index (χ3n) is 9.95. The van der Waals surface area contributed by atoms with Crippen LogP contribution in [0.4, 0.5) is 0 Å². The van der Waals surface area contributed by atoms with Crippen LogP contribution in [0, 0.1) is 23.7 Å². The highest BCUT2D eigenvalue weighted by Crippen LogP contribution is 2.19. The Morgan fingerprint density at radius 1 is 0.678 bits per heavy atom. The van der Waals surface area contributed by atoms with E-state index in [0.29, 0.717) is 18.4 Å². The molecule has 0 unspecified atom stereocenters. The van der Waals surface area contributed by atoms with Crippen molar-refractivity contribution in [1.82, 2.24) is 31.9 Å². The van der Waals surface area contributed by atoms with E-state index >= 15 is 0 Å². The van der Waals surface area contributed by atoms with E-state index in [1.807, 2.05) is 47.6 Å². The Hall–Kier alpha value is -5.68. The van der Waals surface area contributed by atoms with Crippen LogP contribution in [0.2, 0.25) is 0 Å². The first-order valence-electron chi connectivity index (χ1n) is 20.4. The van der Waals surface area contributed by atoms with Crippen LogP contribution in [-0.4, -0.2) is 90.6 Å². The molecule has 2 aromatic rings. The number of aliphatic imine (C=N–C) groups is 1. The van der Waals surface area contributed by atoms with Crippen LogP contribution >= 0.6 is 0 Å². The number of hydrogen-bond donors (Lipinski definition) is 9. The topological polar surface area (TPSA) is 295 Å². The molecule has 7 amide bonds. The number of carbonyl (C=O) groups excluding carboxylic acids is 7. The first-order valence-corrected chi connectivity index (χ1v) is 20.4. The molecule has 0 fully saturated rings. The van der Waals surface area contributed by atoms with Crippen LogP contribution < -0.4 is 49.1 Å². The molecule has 0 aliphatic carbocycles. The minimum Gasteiger partial charge on any atom is -0.451 e. The minimum atomic E-state index is -1.17. The summed E-state index contributed by atoms with van der Waals surface area (Å²) in [5.74, 6) is -5.31. The molecule has 0 aliphatic rings. The van der Waals surface area contributed by atoms with E-state index in [0.717, 1.165) is 5.39 Å². The first kappa shape index (κ1) is 49.5. The van der Waals surface area contributed by atoms with Gasteiger partial charge < -0.3 is 53.5 Å². The predicted molar refractivity (Wildman–Crippen MR) is 225 cm³/mol. The van der Waals surface area contributed by atoms with E-state index in [1.54, 1.807) is 38.1 Å². The lowest BCUT2D eigenvalue weighted by molar-refractivity contribution is -0.134. The molecule has 12 N–H and O–H groups in total. The van der Waals surface area contributed by atoms with Crippen LogP contribution in [0.15, 0.2) is 39.7 Å². The maximum absolute atomic E-state index is 13.7. The number of guanidine groups is 1. The summed E-state index contributed by atoms with van der Waals surface area (Å²) in [6, 6.07) is 3.45. The lowest BCUT2D eigenvalue weighted by atomic mass is 9.96. The zero-order valence-electron chi connectivity index (χ0n) is 35.7. The number of hydrogen-bond acceptors (Lipinski definition) is 9. The Morgan fingerprint density at radius 3 is 1.76 bits per heavy atom. The van der Waals surface area contributed by atoms with Crippen LogP contribution in [-0.2, 0) is 28.8 Å². The van der Waals surface area contributed by atoms with Gasteiger partial charge in [0.05, 0.1) is 6.54 Å². The molecule has 0 radical (unpaired) electrons. The smallest absolute Gasteiger partial charge is 0.287 e. The predicted octanol–water partition coefficient (Wildman–Crippen LogP) is 1.31. The summed E-state index contributed by atoms with van der Waals surface area (Å²) >= 11 is 0. The molecule has 0 saturated carbocycles. The fourth-order valence-electron chi connectivity index (χ4n) is 6.24. The van der Waals surface area contributed by atoms with Gasteiger partial charge in [0, 0.05) is 11.9 Å². The van der Waals surface area contributed by atoms with Crippen molar-refractivity contribution in [2.75, 3.05) is 13.1 Å². The van der Waals surface area contributed by atoms with Gasteiger partial charge in [-0.05, 0) is 61.5 Å². The Balaban J connectivity index is 2.20. The Kier molecular flexibility index (Phi) is 20.4. The van der Waals surface area contributed by atoms with E-state index in [-0.39, 0.29) is 67.6 Å². The lowest BCUT2D eigenvalue weighted by Gasteiger charge is -2.28. The van der Waals surface area contributed by atoms with Gasteiger partial charge in [0.1, 0.15) is 35.8 Å². The molecule has 18 heteroatoms. The summed E-state index contributed by atoms with van der Waals surface area (Å²) in [4.78, 5) is 97.0. The molecule has 1 aromatic carbocycles. The number of amides is 7. The molecule has 0 aliphatic heterocycles. The second-order valence-electron chi connectivity index (χ2n) is 15.9. The van der Waals surface area contributed by atoms with Crippen molar-refractivity contribution in [2.45, 2.75) is 124 Å². The number of nitrogens with zero attached hydrogens (tertiary/aromatic N) is 1. The zero-order chi connectivity index (χ0) is 44.4. The molecular formula is C41H66N10O8. The summed E-state index contributed by atoms with van der Waals surface area (Å²) in [6.07, 6.45) is 1.89. The fourth-order valence-corrected chi connectivity index (χ4v) is 6.24. The Bertz CT molecular complexity index is 1740. The number of nitrogens with two attached hydrogens (primary N) is 3. The molecule has 59 heavy (non-hydrogen) atoms.